The molecule has 1 saturated carbocycles. The highest BCUT2D eigenvalue weighted by molar-refractivity contribution is 7.22. The van der Waals surface area contributed by atoms with Gasteiger partial charge in [-0.15, -0.1) is 0 Å². The zero-order valence-electron chi connectivity index (χ0n) is 15.2. The van der Waals surface area contributed by atoms with Crippen molar-refractivity contribution in [3.63, 3.8) is 0 Å². The van der Waals surface area contributed by atoms with Crippen molar-refractivity contribution in [2.24, 2.45) is 0 Å². The molecule has 1 fully saturated rings. The van der Waals surface area contributed by atoms with E-state index in [2.05, 4.69) is 32.5 Å². The van der Waals surface area contributed by atoms with E-state index in [1.165, 1.54) is 5.56 Å². The molecule has 1 aliphatic rings. The SMILES string of the molecule is OC1CCCCC1Nc1nc2ccc(Cc3cnc4ccc(Cl)nn34)cc2s1. The fourth-order valence-corrected chi connectivity index (χ4v) is 4.94. The van der Waals surface area contributed by atoms with Crippen LogP contribution in [-0.4, -0.2) is 36.8 Å². The van der Waals surface area contributed by atoms with Gasteiger partial charge in [-0.05, 0) is 42.7 Å². The minimum absolute atomic E-state index is 0.0998. The van der Waals surface area contributed by atoms with Crippen molar-refractivity contribution in [3.8, 4) is 0 Å². The molecule has 6 nitrogen and oxygen atoms in total. The quantitative estimate of drug-likeness (QED) is 0.521. The lowest BCUT2D eigenvalue weighted by molar-refractivity contribution is 0.116. The molecular weight excluding hydrogens is 394 g/mol. The summed E-state index contributed by atoms with van der Waals surface area (Å²) < 4.78 is 2.92. The van der Waals surface area contributed by atoms with Gasteiger partial charge in [0.25, 0.3) is 0 Å². The van der Waals surface area contributed by atoms with Crippen molar-refractivity contribution >= 4 is 43.9 Å². The van der Waals surface area contributed by atoms with Gasteiger partial charge in [-0.3, -0.25) is 0 Å². The molecule has 2 N–H and O–H groups in total. The molecule has 28 heavy (non-hydrogen) atoms. The summed E-state index contributed by atoms with van der Waals surface area (Å²) in [5, 5.41) is 19.3. The Kier molecular flexibility index (Phi) is 4.66. The summed E-state index contributed by atoms with van der Waals surface area (Å²) in [6.07, 6.45) is 6.38. The van der Waals surface area contributed by atoms with E-state index in [-0.39, 0.29) is 12.1 Å². The van der Waals surface area contributed by atoms with Crippen molar-refractivity contribution in [2.45, 2.75) is 44.2 Å². The molecule has 0 aliphatic heterocycles. The van der Waals surface area contributed by atoms with Gasteiger partial charge in [0, 0.05) is 6.42 Å². The second-order valence-corrected chi connectivity index (χ2v) is 8.69. The molecule has 0 bridgehead atoms. The molecule has 0 radical (unpaired) electrons. The fourth-order valence-electron chi connectivity index (χ4n) is 3.81. The third kappa shape index (κ3) is 3.45. The van der Waals surface area contributed by atoms with Crippen molar-refractivity contribution in [3.05, 3.63) is 52.9 Å². The van der Waals surface area contributed by atoms with Gasteiger partial charge in [0.1, 0.15) is 5.15 Å². The van der Waals surface area contributed by atoms with Gasteiger partial charge in [-0.1, -0.05) is 41.8 Å². The zero-order chi connectivity index (χ0) is 19.1. The van der Waals surface area contributed by atoms with Gasteiger partial charge >= 0.3 is 0 Å². The van der Waals surface area contributed by atoms with Crippen molar-refractivity contribution in [2.75, 3.05) is 5.32 Å². The van der Waals surface area contributed by atoms with E-state index in [4.69, 9.17) is 11.6 Å². The smallest absolute Gasteiger partial charge is 0.184 e. The molecule has 8 heteroatoms. The number of aromatic nitrogens is 4. The van der Waals surface area contributed by atoms with Crippen LogP contribution >= 0.6 is 22.9 Å². The molecule has 0 amide bonds. The van der Waals surface area contributed by atoms with Crippen LogP contribution in [0.1, 0.15) is 36.9 Å². The van der Waals surface area contributed by atoms with Crippen LogP contribution in [0.5, 0.6) is 0 Å². The van der Waals surface area contributed by atoms with Gasteiger partial charge in [0.05, 0.1) is 34.3 Å². The van der Waals surface area contributed by atoms with E-state index in [1.54, 1.807) is 21.9 Å². The van der Waals surface area contributed by atoms with Crippen LogP contribution in [0.4, 0.5) is 5.13 Å². The Morgan fingerprint density at radius 1 is 1.21 bits per heavy atom. The number of aliphatic hydroxyl groups is 1. The van der Waals surface area contributed by atoms with Crippen LogP contribution in [0.3, 0.4) is 0 Å². The largest absolute Gasteiger partial charge is 0.391 e. The van der Waals surface area contributed by atoms with Crippen LogP contribution in [-0.2, 0) is 6.42 Å². The standard InChI is InChI=1S/C20H20ClN5OS/c21-18-7-8-19-22-11-13(26(19)25-18)9-12-5-6-15-17(10-12)28-20(24-15)23-14-3-1-2-4-16(14)27/h5-8,10-11,14,16,27H,1-4,9H2,(H,23,24). The Hall–Kier alpha value is -2.22. The molecule has 2 unspecified atom stereocenters. The molecule has 0 saturated heterocycles. The number of benzene rings is 1. The predicted molar refractivity (Wildman–Crippen MR) is 112 cm³/mol. The van der Waals surface area contributed by atoms with Gasteiger partial charge < -0.3 is 10.4 Å². The first kappa shape index (κ1) is 17.8. The number of nitrogens with one attached hydrogen (secondary N) is 1. The minimum Gasteiger partial charge on any atom is -0.391 e. The maximum atomic E-state index is 10.2. The van der Waals surface area contributed by atoms with E-state index in [1.807, 2.05) is 18.3 Å². The van der Waals surface area contributed by atoms with Crippen molar-refractivity contribution < 1.29 is 5.11 Å². The fraction of sp³-hybridized carbons (Fsp3) is 0.350. The lowest BCUT2D eigenvalue weighted by Crippen LogP contribution is -2.36. The van der Waals surface area contributed by atoms with E-state index < -0.39 is 0 Å². The van der Waals surface area contributed by atoms with Crippen LogP contribution in [0.2, 0.25) is 5.15 Å². The Labute approximate surface area is 171 Å². The molecule has 0 spiro atoms. The summed E-state index contributed by atoms with van der Waals surface area (Å²) in [4.78, 5) is 9.08. The first-order valence-electron chi connectivity index (χ1n) is 9.49. The second-order valence-electron chi connectivity index (χ2n) is 7.28. The molecule has 144 valence electrons. The highest BCUT2D eigenvalue weighted by Gasteiger charge is 2.23. The summed E-state index contributed by atoms with van der Waals surface area (Å²) in [6.45, 7) is 0. The number of hydrogen-bond acceptors (Lipinski definition) is 6. The number of hydrogen-bond donors (Lipinski definition) is 2. The maximum Gasteiger partial charge on any atom is 0.184 e. The summed E-state index contributed by atoms with van der Waals surface area (Å²) in [5.74, 6) is 0. The van der Waals surface area contributed by atoms with Gasteiger partial charge in [-0.25, -0.2) is 14.5 Å². The van der Waals surface area contributed by atoms with Crippen LogP contribution in [0, 0.1) is 0 Å². The van der Waals surface area contributed by atoms with Crippen LogP contribution in [0.15, 0.2) is 36.5 Å². The van der Waals surface area contributed by atoms with Gasteiger partial charge in [0.15, 0.2) is 10.8 Å². The first-order valence-corrected chi connectivity index (χ1v) is 10.7. The lowest BCUT2D eigenvalue weighted by Gasteiger charge is -2.27. The first-order chi connectivity index (χ1) is 13.7. The molecule has 1 aromatic carbocycles. The van der Waals surface area contributed by atoms with E-state index in [9.17, 15) is 5.11 Å². The van der Waals surface area contributed by atoms with Gasteiger partial charge in [0.2, 0.25) is 0 Å². The van der Waals surface area contributed by atoms with Crippen LogP contribution in [0.25, 0.3) is 15.9 Å². The van der Waals surface area contributed by atoms with Crippen LogP contribution < -0.4 is 5.32 Å². The summed E-state index contributed by atoms with van der Waals surface area (Å²) >= 11 is 7.66. The van der Waals surface area contributed by atoms with E-state index in [0.717, 1.165) is 52.4 Å². The zero-order valence-corrected chi connectivity index (χ0v) is 16.7. The number of nitrogens with zero attached hydrogens (tertiary/aromatic N) is 4. The lowest BCUT2D eigenvalue weighted by atomic mass is 9.93. The number of halogens is 1. The maximum absolute atomic E-state index is 10.2. The number of imidazole rings is 1. The summed E-state index contributed by atoms with van der Waals surface area (Å²) in [7, 11) is 0. The third-order valence-corrected chi connectivity index (χ3v) is 6.43. The molecule has 4 aromatic rings. The second kappa shape index (κ2) is 7.31. The number of rotatable bonds is 4. The minimum atomic E-state index is -0.286. The summed E-state index contributed by atoms with van der Waals surface area (Å²) in [5.41, 5.74) is 3.92. The van der Waals surface area contributed by atoms with E-state index in [0.29, 0.717) is 11.6 Å². The normalized spacial score (nSPS) is 20.1. The number of anilines is 1. The number of thiazole rings is 1. The highest BCUT2D eigenvalue weighted by atomic mass is 35.5. The topological polar surface area (TPSA) is 75.3 Å². The molecule has 3 heterocycles. The van der Waals surface area contributed by atoms with Crippen molar-refractivity contribution in [1.82, 2.24) is 19.6 Å². The summed E-state index contributed by atoms with van der Waals surface area (Å²) in [6, 6.07) is 10.0. The Morgan fingerprint density at radius 2 is 2.11 bits per heavy atom. The highest BCUT2D eigenvalue weighted by Crippen LogP contribution is 2.30. The van der Waals surface area contributed by atoms with Gasteiger partial charge in [-0.2, -0.15) is 5.10 Å². The Bertz CT molecular complexity index is 1140. The molecule has 2 atom stereocenters. The Balaban J connectivity index is 1.39. The molecular formula is C20H20ClN5OS. The van der Waals surface area contributed by atoms with E-state index >= 15 is 0 Å². The number of fused-ring (bicyclic) bond motifs is 2. The van der Waals surface area contributed by atoms with Crippen molar-refractivity contribution in [1.29, 1.82) is 0 Å². The average Bonchev–Trinajstić information content (AvgIpc) is 3.27. The molecule has 3 aromatic heterocycles. The molecule has 5 rings (SSSR count). The third-order valence-electron chi connectivity index (χ3n) is 5.28. The molecule has 1 aliphatic carbocycles. The Morgan fingerprint density at radius 3 is 3.00 bits per heavy atom. The number of aliphatic hydroxyl groups excluding tert-OH is 1. The predicted octanol–water partition coefficient (Wildman–Crippen LogP) is 4.30. The monoisotopic (exact) mass is 413 g/mol. The average molecular weight is 414 g/mol.